The molecule has 27 heavy (non-hydrogen) atoms. The molecule has 8 nitrogen and oxygen atoms in total. The second kappa shape index (κ2) is 8.69. The molecule has 1 aromatic carbocycles. The summed E-state index contributed by atoms with van der Waals surface area (Å²) in [7, 11) is 2.78. The van der Waals surface area contributed by atoms with E-state index in [4.69, 9.17) is 19.3 Å². The molecule has 2 N–H and O–H groups in total. The van der Waals surface area contributed by atoms with Crippen molar-refractivity contribution in [2.45, 2.75) is 31.0 Å². The van der Waals surface area contributed by atoms with Gasteiger partial charge in [0.2, 0.25) is 0 Å². The lowest BCUT2D eigenvalue weighted by molar-refractivity contribution is -0.0566. The van der Waals surface area contributed by atoms with E-state index in [9.17, 15) is 9.59 Å². The minimum absolute atomic E-state index is 0.00625. The highest BCUT2D eigenvalue weighted by atomic mass is 16.5. The van der Waals surface area contributed by atoms with Crippen LogP contribution in [0.4, 0.5) is 0 Å². The van der Waals surface area contributed by atoms with Gasteiger partial charge in [-0.3, -0.25) is 9.69 Å². The normalized spacial score (nSPS) is 24.9. The Kier molecular flexibility index (Phi) is 6.30. The summed E-state index contributed by atoms with van der Waals surface area (Å²) in [5, 5.41) is 12.1. The minimum atomic E-state index is -0.520. The lowest BCUT2D eigenvalue weighted by atomic mass is 10.1. The summed E-state index contributed by atoms with van der Waals surface area (Å²) in [6, 6.07) is 4.93. The number of hydrogen-bond acceptors (Lipinski definition) is 7. The molecule has 0 radical (unpaired) electrons. The van der Waals surface area contributed by atoms with Gasteiger partial charge in [0.05, 0.1) is 32.5 Å². The Morgan fingerprint density at radius 2 is 2.04 bits per heavy atom. The zero-order valence-corrected chi connectivity index (χ0v) is 15.6. The number of benzene rings is 1. The van der Waals surface area contributed by atoms with Crippen LogP contribution < -0.4 is 10.1 Å². The zero-order valence-electron chi connectivity index (χ0n) is 15.6. The Hall–Kier alpha value is -2.16. The molecule has 0 bridgehead atoms. The predicted octanol–water partition coefficient (Wildman–Crippen LogP) is 0.436. The highest BCUT2D eigenvalue weighted by molar-refractivity contribution is 5.98. The third-order valence-corrected chi connectivity index (χ3v) is 5.10. The number of rotatable bonds is 6. The number of fused-ring (bicyclic) bond motifs is 1. The van der Waals surface area contributed by atoms with Gasteiger partial charge >= 0.3 is 5.97 Å². The molecule has 2 aliphatic rings. The molecule has 1 amide bonds. The summed E-state index contributed by atoms with van der Waals surface area (Å²) >= 11 is 0. The van der Waals surface area contributed by atoms with E-state index < -0.39 is 5.97 Å². The summed E-state index contributed by atoms with van der Waals surface area (Å²) < 4.78 is 15.7. The van der Waals surface area contributed by atoms with Gasteiger partial charge in [-0.15, -0.1) is 0 Å². The number of morpholine rings is 1. The van der Waals surface area contributed by atoms with E-state index in [1.165, 1.54) is 26.4 Å². The Labute approximate surface area is 158 Å². The average Bonchev–Trinajstić information content (AvgIpc) is 3.08. The minimum Gasteiger partial charge on any atom is -0.497 e. The maximum atomic E-state index is 12.7. The fourth-order valence-corrected chi connectivity index (χ4v) is 3.72. The first kappa shape index (κ1) is 19.6. The van der Waals surface area contributed by atoms with Crippen molar-refractivity contribution >= 4 is 11.9 Å². The van der Waals surface area contributed by atoms with E-state index in [1.807, 2.05) is 0 Å². The average molecular weight is 378 g/mol. The number of methoxy groups -OCH3 is 2. The lowest BCUT2D eigenvalue weighted by Gasteiger charge is -2.34. The molecule has 0 spiro atoms. The van der Waals surface area contributed by atoms with E-state index in [-0.39, 0.29) is 36.3 Å². The van der Waals surface area contributed by atoms with Gasteiger partial charge in [0, 0.05) is 37.3 Å². The van der Waals surface area contributed by atoms with Crippen molar-refractivity contribution in [3.63, 3.8) is 0 Å². The molecule has 2 heterocycles. The van der Waals surface area contributed by atoms with Crippen LogP contribution in [0.5, 0.6) is 5.75 Å². The van der Waals surface area contributed by atoms with E-state index in [1.54, 1.807) is 6.07 Å². The van der Waals surface area contributed by atoms with Gasteiger partial charge in [0.25, 0.3) is 5.91 Å². The van der Waals surface area contributed by atoms with Crippen molar-refractivity contribution < 1.29 is 28.9 Å². The number of carbonyl (C=O) groups excluding carboxylic acids is 2. The number of nitrogens with zero attached hydrogens (tertiary/aromatic N) is 1. The van der Waals surface area contributed by atoms with E-state index >= 15 is 0 Å². The van der Waals surface area contributed by atoms with Crippen molar-refractivity contribution in [2.24, 2.45) is 0 Å². The van der Waals surface area contributed by atoms with Crippen molar-refractivity contribution in [2.75, 3.05) is 40.5 Å². The lowest BCUT2D eigenvalue weighted by Crippen LogP contribution is -2.46. The van der Waals surface area contributed by atoms with Crippen LogP contribution in [0.2, 0.25) is 0 Å². The summed E-state index contributed by atoms with van der Waals surface area (Å²) in [6.07, 6.45) is 1.48. The number of amides is 1. The van der Waals surface area contributed by atoms with E-state index in [0.717, 1.165) is 19.5 Å². The topological polar surface area (TPSA) is 97.3 Å². The summed E-state index contributed by atoms with van der Waals surface area (Å²) in [6.45, 7) is 2.24. The van der Waals surface area contributed by atoms with Crippen LogP contribution >= 0.6 is 0 Å². The van der Waals surface area contributed by atoms with Gasteiger partial charge in [-0.2, -0.15) is 0 Å². The van der Waals surface area contributed by atoms with Gasteiger partial charge in [0.15, 0.2) is 0 Å². The van der Waals surface area contributed by atoms with Crippen LogP contribution in [0.3, 0.4) is 0 Å². The molecular weight excluding hydrogens is 352 g/mol. The molecule has 0 saturated carbocycles. The molecule has 2 saturated heterocycles. The number of esters is 1. The van der Waals surface area contributed by atoms with Crippen LogP contribution in [-0.4, -0.2) is 80.6 Å². The van der Waals surface area contributed by atoms with Crippen molar-refractivity contribution in [1.82, 2.24) is 10.2 Å². The molecule has 0 unspecified atom stereocenters. The first-order valence-electron chi connectivity index (χ1n) is 9.08. The second-order valence-electron chi connectivity index (χ2n) is 6.92. The fraction of sp³-hybridized carbons (Fsp3) is 0.579. The Balaban J connectivity index is 1.65. The third-order valence-electron chi connectivity index (χ3n) is 5.10. The maximum Gasteiger partial charge on any atom is 0.338 e. The molecule has 2 fully saturated rings. The number of aliphatic hydroxyl groups excluding tert-OH is 1. The Bertz CT molecular complexity index is 695. The van der Waals surface area contributed by atoms with Gasteiger partial charge < -0.3 is 24.6 Å². The smallest absolute Gasteiger partial charge is 0.338 e. The molecular formula is C19H26N2O6. The SMILES string of the molecule is COC(=O)c1cc(OC)cc(C(=O)N[C@H]2C[C@H]3CO[C@@H](CCO)CN3C2)c1. The standard InChI is InChI=1S/C19H26N2O6/c1-25-17-6-12(5-13(7-17)19(24)26-2)18(23)20-14-8-15-11-27-16(3-4-22)10-21(15)9-14/h5-7,14-16,22H,3-4,8-11H2,1-2H3,(H,20,23)/t14-,15-,16-/m0/s1. The second-order valence-corrected chi connectivity index (χ2v) is 6.92. The molecule has 1 aromatic rings. The van der Waals surface area contributed by atoms with Gasteiger partial charge in [-0.05, 0) is 31.0 Å². The van der Waals surface area contributed by atoms with Crippen molar-refractivity contribution in [3.05, 3.63) is 29.3 Å². The molecule has 3 atom stereocenters. The number of carbonyl (C=O) groups is 2. The molecule has 148 valence electrons. The van der Waals surface area contributed by atoms with Crippen molar-refractivity contribution in [1.29, 1.82) is 0 Å². The summed E-state index contributed by atoms with van der Waals surface area (Å²) in [5.41, 5.74) is 0.625. The molecule has 8 heteroatoms. The molecule has 0 aromatic heterocycles. The first-order valence-corrected chi connectivity index (χ1v) is 9.08. The Morgan fingerprint density at radius 3 is 2.74 bits per heavy atom. The monoisotopic (exact) mass is 378 g/mol. The quantitative estimate of drug-likeness (QED) is 0.693. The predicted molar refractivity (Wildman–Crippen MR) is 97.0 cm³/mol. The van der Waals surface area contributed by atoms with Crippen LogP contribution in [0.25, 0.3) is 0 Å². The molecule has 3 rings (SSSR count). The van der Waals surface area contributed by atoms with Crippen LogP contribution in [0.1, 0.15) is 33.6 Å². The number of hydrogen-bond donors (Lipinski definition) is 2. The molecule has 2 aliphatic heterocycles. The number of aliphatic hydroxyl groups is 1. The zero-order chi connectivity index (χ0) is 19.4. The number of ether oxygens (including phenoxy) is 3. The molecule has 0 aliphatic carbocycles. The highest BCUT2D eigenvalue weighted by Gasteiger charge is 2.37. The Morgan fingerprint density at radius 1 is 1.26 bits per heavy atom. The third kappa shape index (κ3) is 4.58. The summed E-state index contributed by atoms with van der Waals surface area (Å²) in [5.74, 6) is -0.350. The first-order chi connectivity index (χ1) is 13.0. The fourth-order valence-electron chi connectivity index (χ4n) is 3.72. The summed E-state index contributed by atoms with van der Waals surface area (Å²) in [4.78, 5) is 26.8. The van der Waals surface area contributed by atoms with E-state index in [0.29, 0.717) is 24.3 Å². The van der Waals surface area contributed by atoms with Crippen molar-refractivity contribution in [3.8, 4) is 5.75 Å². The van der Waals surface area contributed by atoms with Gasteiger partial charge in [-0.25, -0.2) is 4.79 Å². The highest BCUT2D eigenvalue weighted by Crippen LogP contribution is 2.25. The maximum absolute atomic E-state index is 12.7. The van der Waals surface area contributed by atoms with Gasteiger partial charge in [0.1, 0.15) is 5.75 Å². The van der Waals surface area contributed by atoms with Gasteiger partial charge in [-0.1, -0.05) is 0 Å². The number of nitrogens with one attached hydrogen (secondary N) is 1. The van der Waals surface area contributed by atoms with E-state index in [2.05, 4.69) is 10.2 Å². The van der Waals surface area contributed by atoms with Crippen LogP contribution in [-0.2, 0) is 9.47 Å². The largest absolute Gasteiger partial charge is 0.497 e. The van der Waals surface area contributed by atoms with Crippen LogP contribution in [0, 0.1) is 0 Å². The van der Waals surface area contributed by atoms with Crippen LogP contribution in [0.15, 0.2) is 18.2 Å².